The normalized spacial score (nSPS) is 19.8. The Bertz CT molecular complexity index is 583. The molecule has 25 heavy (non-hydrogen) atoms. The van der Waals surface area contributed by atoms with E-state index in [4.69, 9.17) is 26.8 Å². The van der Waals surface area contributed by atoms with E-state index in [1.807, 2.05) is 19.1 Å². The van der Waals surface area contributed by atoms with Gasteiger partial charge in [-0.2, -0.15) is 0 Å². The maximum absolute atomic E-state index is 10.9. The van der Waals surface area contributed by atoms with Crippen LogP contribution < -0.4 is 25.4 Å². The lowest BCUT2D eigenvalue weighted by atomic mass is 10.1. The third-order valence-electron chi connectivity index (χ3n) is 4.64. The fraction of sp³-hybridized carbons (Fsp3) is 0.611. The minimum Gasteiger partial charge on any atom is -0.490 e. The molecule has 1 fully saturated rings. The van der Waals surface area contributed by atoms with Crippen LogP contribution in [0, 0.1) is 0 Å². The topological polar surface area (TPSA) is 82.6 Å². The zero-order chi connectivity index (χ0) is 18.2. The predicted octanol–water partition coefficient (Wildman–Crippen LogP) is -0.267. The number of nitrogens with one attached hydrogen (secondary N) is 1. The number of quaternary nitrogens is 2. The monoisotopic (exact) mass is 371 g/mol. The van der Waals surface area contributed by atoms with Crippen LogP contribution >= 0.6 is 11.6 Å². The highest BCUT2D eigenvalue weighted by Gasteiger charge is 2.28. The molecule has 1 saturated heterocycles. The number of likely N-dealkylation sites (tertiary alicyclic amines) is 1. The summed E-state index contributed by atoms with van der Waals surface area (Å²) in [6.07, 6.45) is 2.64. The van der Waals surface area contributed by atoms with Gasteiger partial charge in [-0.3, -0.25) is 4.79 Å². The van der Waals surface area contributed by atoms with Crippen molar-refractivity contribution in [3.05, 3.63) is 22.7 Å². The lowest BCUT2D eigenvalue weighted by Crippen LogP contribution is -3.16. The van der Waals surface area contributed by atoms with Crippen molar-refractivity contribution in [2.75, 3.05) is 32.8 Å². The van der Waals surface area contributed by atoms with E-state index in [1.54, 1.807) is 4.90 Å². The fourth-order valence-electron chi connectivity index (χ4n) is 3.47. The fourth-order valence-corrected chi connectivity index (χ4v) is 3.76. The zero-order valence-corrected chi connectivity index (χ0v) is 15.9. The SMILES string of the molecule is CCOc1cc(C[NH2+]C[C@H]2CCC[NH+]2CC)cc(Cl)c1OCC(N)=O. The molecule has 1 heterocycles. The number of rotatable bonds is 10. The third-order valence-corrected chi connectivity index (χ3v) is 4.92. The lowest BCUT2D eigenvalue weighted by Gasteiger charge is -2.18. The molecule has 6 nitrogen and oxygen atoms in total. The quantitative estimate of drug-likeness (QED) is 0.529. The first kappa shape index (κ1) is 19.8. The second-order valence-electron chi connectivity index (χ2n) is 6.42. The van der Waals surface area contributed by atoms with Crippen LogP contribution in [0.1, 0.15) is 32.3 Å². The minimum atomic E-state index is -0.546. The third kappa shape index (κ3) is 5.76. The summed E-state index contributed by atoms with van der Waals surface area (Å²) >= 11 is 6.33. The number of amides is 1. The maximum atomic E-state index is 10.9. The summed E-state index contributed by atoms with van der Waals surface area (Å²) in [4.78, 5) is 12.7. The van der Waals surface area contributed by atoms with E-state index in [1.165, 1.54) is 25.9 Å². The molecule has 1 aliphatic heterocycles. The van der Waals surface area contributed by atoms with E-state index < -0.39 is 5.91 Å². The van der Waals surface area contributed by atoms with Crippen LogP contribution in [0.3, 0.4) is 0 Å². The first-order chi connectivity index (χ1) is 12.0. The van der Waals surface area contributed by atoms with E-state index in [2.05, 4.69) is 12.2 Å². The van der Waals surface area contributed by atoms with Gasteiger partial charge in [0, 0.05) is 18.4 Å². The molecule has 0 radical (unpaired) electrons. The molecule has 0 aliphatic carbocycles. The number of halogens is 1. The number of nitrogens with two attached hydrogens (primary N) is 2. The van der Waals surface area contributed by atoms with Crippen LogP contribution in [0.2, 0.25) is 5.02 Å². The smallest absolute Gasteiger partial charge is 0.255 e. The predicted molar refractivity (Wildman–Crippen MR) is 97.2 cm³/mol. The molecular formula is C18H30ClN3O3+2. The van der Waals surface area contributed by atoms with E-state index in [-0.39, 0.29) is 6.61 Å². The number of hydrogen-bond donors (Lipinski definition) is 3. The summed E-state index contributed by atoms with van der Waals surface area (Å²) < 4.78 is 11.0. The van der Waals surface area contributed by atoms with E-state index >= 15 is 0 Å². The van der Waals surface area contributed by atoms with E-state index in [0.717, 1.165) is 24.7 Å². The Balaban J connectivity index is 1.99. The van der Waals surface area contributed by atoms with Crippen molar-refractivity contribution < 1.29 is 24.5 Å². The van der Waals surface area contributed by atoms with Crippen LogP contribution in [-0.4, -0.2) is 44.8 Å². The van der Waals surface area contributed by atoms with Crippen molar-refractivity contribution in [2.45, 2.75) is 39.3 Å². The van der Waals surface area contributed by atoms with Crippen LogP contribution in [0.25, 0.3) is 0 Å². The Morgan fingerprint density at radius 2 is 2.20 bits per heavy atom. The highest BCUT2D eigenvalue weighted by molar-refractivity contribution is 6.32. The second-order valence-corrected chi connectivity index (χ2v) is 6.83. The molecule has 1 amide bonds. The van der Waals surface area contributed by atoms with Crippen molar-refractivity contribution in [3.8, 4) is 11.5 Å². The summed E-state index contributed by atoms with van der Waals surface area (Å²) in [5.74, 6) is 0.389. The van der Waals surface area contributed by atoms with Gasteiger partial charge in [-0.1, -0.05) is 11.6 Å². The highest BCUT2D eigenvalue weighted by atomic mass is 35.5. The summed E-state index contributed by atoms with van der Waals surface area (Å²) in [6, 6.07) is 4.54. The van der Waals surface area contributed by atoms with Gasteiger partial charge in [-0.25, -0.2) is 0 Å². The van der Waals surface area contributed by atoms with Gasteiger partial charge in [-0.15, -0.1) is 0 Å². The molecule has 1 aliphatic rings. The van der Waals surface area contributed by atoms with Crippen LogP contribution in [0.5, 0.6) is 11.5 Å². The maximum Gasteiger partial charge on any atom is 0.255 e. The number of ether oxygens (including phenoxy) is 2. The Morgan fingerprint density at radius 1 is 1.40 bits per heavy atom. The van der Waals surface area contributed by atoms with Crippen molar-refractivity contribution in [1.82, 2.24) is 0 Å². The Morgan fingerprint density at radius 3 is 2.88 bits per heavy atom. The van der Waals surface area contributed by atoms with E-state index in [0.29, 0.717) is 23.1 Å². The van der Waals surface area contributed by atoms with Crippen LogP contribution in [-0.2, 0) is 11.3 Å². The number of benzene rings is 1. The number of carbonyl (C=O) groups is 1. The van der Waals surface area contributed by atoms with Crippen molar-refractivity contribution in [2.24, 2.45) is 5.73 Å². The van der Waals surface area contributed by atoms with Gasteiger partial charge in [-0.05, 0) is 26.0 Å². The standard InChI is InChI=1S/C18H28ClN3O3/c1-3-22-7-5-6-14(22)11-21-10-13-8-15(19)18(25-12-17(20)23)16(9-13)24-4-2/h8-9,14,21H,3-7,10-12H2,1-2H3,(H2,20,23)/p+2/t14-/m1/s1. The van der Waals surface area contributed by atoms with Crippen LogP contribution in [0.4, 0.5) is 0 Å². The van der Waals surface area contributed by atoms with Gasteiger partial charge in [0.1, 0.15) is 19.1 Å². The minimum absolute atomic E-state index is 0.220. The average Bonchev–Trinajstić information content (AvgIpc) is 3.01. The number of likely N-dealkylation sites (N-methyl/N-ethyl adjacent to an activating group) is 1. The molecule has 1 aromatic rings. The van der Waals surface area contributed by atoms with Crippen molar-refractivity contribution in [1.29, 1.82) is 0 Å². The first-order valence-electron chi connectivity index (χ1n) is 9.07. The Kier molecular flexibility index (Phi) is 7.81. The molecular weight excluding hydrogens is 342 g/mol. The highest BCUT2D eigenvalue weighted by Crippen LogP contribution is 2.36. The summed E-state index contributed by atoms with van der Waals surface area (Å²) in [5, 5.41) is 2.77. The molecule has 0 saturated carbocycles. The largest absolute Gasteiger partial charge is 0.490 e. The summed E-state index contributed by atoms with van der Waals surface area (Å²) in [5.41, 5.74) is 6.22. The molecule has 1 unspecified atom stereocenters. The summed E-state index contributed by atoms with van der Waals surface area (Å²) in [6.45, 7) is 8.87. The first-order valence-corrected chi connectivity index (χ1v) is 9.45. The number of hydrogen-bond acceptors (Lipinski definition) is 3. The summed E-state index contributed by atoms with van der Waals surface area (Å²) in [7, 11) is 0. The molecule has 0 bridgehead atoms. The Hall–Kier alpha value is -1.50. The van der Waals surface area contributed by atoms with Crippen molar-refractivity contribution in [3.63, 3.8) is 0 Å². The Labute approximate surface area is 154 Å². The lowest BCUT2D eigenvalue weighted by molar-refractivity contribution is -0.925. The van der Waals surface area contributed by atoms with E-state index in [9.17, 15) is 4.79 Å². The van der Waals surface area contributed by atoms with Gasteiger partial charge in [0.15, 0.2) is 18.1 Å². The van der Waals surface area contributed by atoms with Gasteiger partial charge in [0.2, 0.25) is 0 Å². The molecule has 0 aromatic heterocycles. The van der Waals surface area contributed by atoms with Gasteiger partial charge >= 0.3 is 0 Å². The molecule has 140 valence electrons. The average molecular weight is 372 g/mol. The van der Waals surface area contributed by atoms with Crippen molar-refractivity contribution >= 4 is 17.5 Å². The van der Waals surface area contributed by atoms with Gasteiger partial charge in [0.05, 0.1) is 24.7 Å². The van der Waals surface area contributed by atoms with Gasteiger partial charge in [0.25, 0.3) is 5.91 Å². The zero-order valence-electron chi connectivity index (χ0n) is 15.1. The molecule has 2 rings (SSSR count). The number of primary amides is 1. The molecule has 7 heteroatoms. The number of carbonyl (C=O) groups excluding carboxylic acids is 1. The molecule has 1 aromatic carbocycles. The second kappa shape index (κ2) is 9.85. The molecule has 2 atom stereocenters. The van der Waals surface area contributed by atoms with Gasteiger partial charge < -0.3 is 25.4 Å². The molecule has 5 N–H and O–H groups in total. The molecule has 0 spiro atoms. The van der Waals surface area contributed by atoms with Crippen LogP contribution in [0.15, 0.2) is 12.1 Å².